The Bertz CT molecular complexity index is 460. The minimum Gasteiger partial charge on any atom is -0.378 e. The van der Waals surface area contributed by atoms with Gasteiger partial charge in [-0.25, -0.2) is 9.97 Å². The Hall–Kier alpha value is -0.0200. The van der Waals surface area contributed by atoms with Gasteiger partial charge in [0.05, 0.1) is 21.9 Å². The topological polar surface area (TPSA) is 41.5 Å². The third kappa shape index (κ3) is 3.55. The van der Waals surface area contributed by atoms with E-state index >= 15 is 0 Å². The lowest BCUT2D eigenvalue weighted by Gasteiger charge is -2.36. The number of nitrogens with zero attached hydrogens (tertiary/aromatic N) is 4. The number of aromatic nitrogens is 2. The lowest BCUT2D eigenvalue weighted by Crippen LogP contribution is -2.45. The van der Waals surface area contributed by atoms with Crippen molar-refractivity contribution in [3.05, 3.63) is 20.2 Å². The second-order valence-electron chi connectivity index (χ2n) is 4.82. The Labute approximate surface area is 132 Å². The molecule has 1 aliphatic rings. The molecule has 0 aromatic carbocycles. The molecule has 1 aromatic heterocycles. The average Bonchev–Trinajstić information content (AvgIpc) is 2.38. The minimum absolute atomic E-state index is 0.184. The average molecular weight is 397 g/mol. The number of methoxy groups -OCH3 is 1. The van der Waals surface area contributed by atoms with Crippen molar-refractivity contribution in [1.82, 2.24) is 19.8 Å². The normalized spacial score (nSPS) is 21.8. The summed E-state index contributed by atoms with van der Waals surface area (Å²) in [5, 5.41) is 0.513. The number of rotatable bonds is 3. The highest BCUT2D eigenvalue weighted by molar-refractivity contribution is 14.1. The first kappa shape index (κ1) is 15.4. The summed E-state index contributed by atoms with van der Waals surface area (Å²) in [6.45, 7) is 3.45. The van der Waals surface area contributed by atoms with Crippen LogP contribution in [0.25, 0.3) is 0 Å². The van der Waals surface area contributed by atoms with Crippen LogP contribution in [0.5, 0.6) is 0 Å². The van der Waals surface area contributed by atoms with Crippen LogP contribution in [0.2, 0.25) is 5.15 Å². The highest BCUT2D eigenvalue weighted by Crippen LogP contribution is 2.26. The van der Waals surface area contributed by atoms with Gasteiger partial charge >= 0.3 is 0 Å². The van der Waals surface area contributed by atoms with Gasteiger partial charge in [0, 0.05) is 26.7 Å². The fourth-order valence-corrected chi connectivity index (χ4v) is 2.74. The molecule has 0 bridgehead atoms. The molecule has 5 nitrogen and oxygen atoms in total. The molecule has 1 saturated heterocycles. The molecule has 7 heteroatoms. The number of ether oxygens (including phenoxy) is 1. The first-order valence-electron chi connectivity index (χ1n) is 6.12. The second-order valence-corrected chi connectivity index (χ2v) is 6.26. The molecule has 1 aliphatic heterocycles. The van der Waals surface area contributed by atoms with Gasteiger partial charge in [-0.1, -0.05) is 11.6 Å². The monoisotopic (exact) mass is 396 g/mol. The smallest absolute Gasteiger partial charge is 0.148 e. The molecule has 1 unspecified atom stereocenters. The van der Waals surface area contributed by atoms with E-state index in [2.05, 4.69) is 56.5 Å². The van der Waals surface area contributed by atoms with Crippen LogP contribution >= 0.6 is 34.2 Å². The van der Waals surface area contributed by atoms with E-state index in [4.69, 9.17) is 16.3 Å². The fourth-order valence-electron chi connectivity index (χ4n) is 2.15. The fraction of sp³-hybridized carbons (Fsp3) is 0.667. The van der Waals surface area contributed by atoms with E-state index in [1.54, 1.807) is 7.11 Å². The summed E-state index contributed by atoms with van der Waals surface area (Å²) in [4.78, 5) is 13.6. The summed E-state index contributed by atoms with van der Waals surface area (Å²) in [5.74, 6) is 0.784. The van der Waals surface area contributed by atoms with Crippen LogP contribution in [0.3, 0.4) is 0 Å². The van der Waals surface area contributed by atoms with Gasteiger partial charge in [0.1, 0.15) is 11.0 Å². The van der Waals surface area contributed by atoms with Gasteiger partial charge in [0.2, 0.25) is 0 Å². The minimum atomic E-state index is 0.184. The molecule has 1 atom stereocenters. The molecule has 1 fully saturated rings. The molecular weight excluding hydrogens is 379 g/mol. The zero-order chi connectivity index (χ0) is 14.0. The van der Waals surface area contributed by atoms with E-state index in [9.17, 15) is 0 Å². The van der Waals surface area contributed by atoms with Gasteiger partial charge < -0.3 is 9.64 Å². The van der Waals surface area contributed by atoms with Crippen LogP contribution in [0, 0.1) is 3.57 Å². The highest BCUT2D eigenvalue weighted by atomic mass is 127. The van der Waals surface area contributed by atoms with Crippen LogP contribution in [-0.4, -0.2) is 60.6 Å². The maximum Gasteiger partial charge on any atom is 0.148 e. The second kappa shape index (κ2) is 6.62. The van der Waals surface area contributed by atoms with Gasteiger partial charge in [-0.05, 0) is 36.7 Å². The molecule has 19 heavy (non-hydrogen) atoms. The third-order valence-electron chi connectivity index (χ3n) is 3.33. The van der Waals surface area contributed by atoms with Crippen molar-refractivity contribution >= 4 is 34.2 Å². The Morgan fingerprint density at radius 2 is 2.11 bits per heavy atom. The largest absolute Gasteiger partial charge is 0.378 e. The van der Waals surface area contributed by atoms with E-state index in [0.29, 0.717) is 11.8 Å². The lowest BCUT2D eigenvalue weighted by molar-refractivity contribution is 0.109. The maximum atomic E-state index is 6.21. The van der Waals surface area contributed by atoms with E-state index < -0.39 is 0 Å². The van der Waals surface area contributed by atoms with Crippen LogP contribution in [-0.2, 0) is 11.3 Å². The summed E-state index contributed by atoms with van der Waals surface area (Å²) < 4.78 is 6.05. The first-order valence-corrected chi connectivity index (χ1v) is 7.58. The van der Waals surface area contributed by atoms with Gasteiger partial charge in [-0.3, -0.25) is 4.90 Å². The van der Waals surface area contributed by atoms with Gasteiger partial charge in [0.25, 0.3) is 0 Å². The number of likely N-dealkylation sites (N-methyl/N-ethyl adjacent to an activating group) is 2. The highest BCUT2D eigenvalue weighted by Gasteiger charge is 2.27. The number of piperazine rings is 1. The molecular formula is C12H18ClIN4O. The number of hydrogen-bond donors (Lipinski definition) is 0. The standard InChI is InChI=1S/C12H18ClIN4O/c1-17-4-5-18(2)9(6-17)12-15-8(7-19-3)10(14)11(13)16-12/h9H,4-7H2,1-3H3. The van der Waals surface area contributed by atoms with Crippen LogP contribution < -0.4 is 0 Å². The summed E-state index contributed by atoms with van der Waals surface area (Å²) in [6.07, 6.45) is 0. The summed E-state index contributed by atoms with van der Waals surface area (Å²) in [6, 6.07) is 0.184. The first-order chi connectivity index (χ1) is 9.02. The van der Waals surface area contributed by atoms with Crippen LogP contribution in [0.4, 0.5) is 0 Å². The zero-order valence-electron chi connectivity index (χ0n) is 11.4. The number of halogens is 2. The molecule has 0 spiro atoms. The van der Waals surface area contributed by atoms with Crippen molar-refractivity contribution < 1.29 is 4.74 Å². The molecule has 2 heterocycles. The Balaban J connectivity index is 2.33. The van der Waals surface area contributed by atoms with Crippen LogP contribution in [0.15, 0.2) is 0 Å². The van der Waals surface area contributed by atoms with E-state index in [1.165, 1.54) is 0 Å². The van der Waals surface area contributed by atoms with Crippen molar-refractivity contribution in [3.8, 4) is 0 Å². The van der Waals surface area contributed by atoms with Crippen molar-refractivity contribution in [3.63, 3.8) is 0 Å². The van der Waals surface area contributed by atoms with Crippen molar-refractivity contribution in [2.24, 2.45) is 0 Å². The van der Waals surface area contributed by atoms with E-state index in [0.717, 1.165) is 34.7 Å². The molecule has 106 valence electrons. The summed E-state index contributed by atoms with van der Waals surface area (Å²) >= 11 is 8.38. The van der Waals surface area contributed by atoms with Gasteiger partial charge in [0.15, 0.2) is 0 Å². The molecule has 2 rings (SSSR count). The third-order valence-corrected chi connectivity index (χ3v) is 5.05. The van der Waals surface area contributed by atoms with Gasteiger partial charge in [-0.15, -0.1) is 0 Å². The molecule has 1 aromatic rings. The molecule has 0 saturated carbocycles. The molecule has 0 amide bonds. The van der Waals surface area contributed by atoms with Crippen molar-refractivity contribution in [2.75, 3.05) is 40.8 Å². The lowest BCUT2D eigenvalue weighted by atomic mass is 10.1. The van der Waals surface area contributed by atoms with Crippen molar-refractivity contribution in [2.45, 2.75) is 12.6 Å². The predicted molar refractivity (Wildman–Crippen MR) is 83.3 cm³/mol. The zero-order valence-corrected chi connectivity index (χ0v) is 14.3. The van der Waals surface area contributed by atoms with Gasteiger partial charge in [-0.2, -0.15) is 0 Å². The summed E-state index contributed by atoms with van der Waals surface area (Å²) in [5.41, 5.74) is 0.861. The predicted octanol–water partition coefficient (Wildman–Crippen LogP) is 1.80. The maximum absolute atomic E-state index is 6.21. The van der Waals surface area contributed by atoms with E-state index in [-0.39, 0.29) is 6.04 Å². The Morgan fingerprint density at radius 1 is 1.37 bits per heavy atom. The Kier molecular flexibility index (Phi) is 5.36. The summed E-state index contributed by atoms with van der Waals surface area (Å²) in [7, 11) is 5.87. The Morgan fingerprint density at radius 3 is 2.79 bits per heavy atom. The number of hydrogen-bond acceptors (Lipinski definition) is 5. The van der Waals surface area contributed by atoms with Crippen LogP contribution in [0.1, 0.15) is 17.6 Å². The molecule has 0 radical (unpaired) electrons. The SMILES string of the molecule is COCc1nc(C2CN(C)CCN2C)nc(Cl)c1I. The molecule has 0 N–H and O–H groups in total. The quantitative estimate of drug-likeness (QED) is 0.576. The van der Waals surface area contributed by atoms with Crippen molar-refractivity contribution in [1.29, 1.82) is 0 Å². The van der Waals surface area contributed by atoms with E-state index in [1.807, 2.05) is 0 Å². The molecule has 0 aliphatic carbocycles.